The van der Waals surface area contributed by atoms with Crippen molar-refractivity contribution in [1.82, 2.24) is 0 Å². The second-order valence-corrected chi connectivity index (χ2v) is 7.33. The van der Waals surface area contributed by atoms with Gasteiger partial charge in [-0.25, -0.2) is 0 Å². The lowest BCUT2D eigenvalue weighted by Gasteiger charge is -2.26. The smallest absolute Gasteiger partial charge is 0.455 e. The van der Waals surface area contributed by atoms with Crippen molar-refractivity contribution < 1.29 is 22.7 Å². The lowest BCUT2D eigenvalue weighted by Crippen LogP contribution is -2.30. The van der Waals surface area contributed by atoms with Gasteiger partial charge in [0.25, 0.3) is 0 Å². The number of amides is 1. The van der Waals surface area contributed by atoms with Crippen LogP contribution in [0.3, 0.4) is 0 Å². The Morgan fingerprint density at radius 3 is 2.06 bits per heavy atom. The van der Waals surface area contributed by atoms with Crippen LogP contribution < -0.4 is 10.1 Å². The highest BCUT2D eigenvalue weighted by molar-refractivity contribution is 6.14. The molecule has 32 heavy (non-hydrogen) atoms. The average molecular weight is 431 g/mol. The summed E-state index contributed by atoms with van der Waals surface area (Å²) >= 11 is 0. The van der Waals surface area contributed by atoms with Crippen LogP contribution in [0.25, 0.3) is 22.1 Å². The first-order valence-corrected chi connectivity index (χ1v) is 9.91. The zero-order chi connectivity index (χ0) is 22.3. The number of hydrogen-bond donors (Lipinski definition) is 1. The van der Waals surface area contributed by atoms with Gasteiger partial charge in [-0.05, 0) is 23.3 Å². The van der Waals surface area contributed by atoms with Crippen LogP contribution in [0, 0.1) is 0 Å². The molecule has 0 saturated carbocycles. The number of halogens is 3. The lowest BCUT2D eigenvalue weighted by molar-refractivity contribution is -0.167. The molecule has 0 unspecified atom stereocenters. The van der Waals surface area contributed by atoms with Gasteiger partial charge in [-0.1, -0.05) is 78.9 Å². The average Bonchev–Trinajstić information content (AvgIpc) is 2.81. The molecule has 0 bridgehead atoms. The predicted molar refractivity (Wildman–Crippen MR) is 118 cm³/mol. The molecule has 0 fully saturated rings. The van der Waals surface area contributed by atoms with Gasteiger partial charge in [0.05, 0.1) is 0 Å². The summed E-state index contributed by atoms with van der Waals surface area (Å²) in [7, 11) is 0. The van der Waals surface area contributed by atoms with Crippen molar-refractivity contribution in [2.45, 2.75) is 6.18 Å². The molecule has 1 aliphatic rings. The third-order valence-corrected chi connectivity index (χ3v) is 5.31. The van der Waals surface area contributed by atoms with Crippen LogP contribution in [0.1, 0.15) is 16.7 Å². The predicted octanol–water partition coefficient (Wildman–Crippen LogP) is 6.65. The summed E-state index contributed by atoms with van der Waals surface area (Å²) in [5.74, 6) is -0.846. The molecule has 4 aromatic carbocycles. The molecular weight excluding hydrogens is 415 g/mol. The molecule has 1 amide bonds. The van der Waals surface area contributed by atoms with Gasteiger partial charge in [0.1, 0.15) is 11.5 Å². The molecule has 1 N–H and O–H groups in total. The minimum Gasteiger partial charge on any atom is -0.455 e. The van der Waals surface area contributed by atoms with E-state index in [9.17, 15) is 18.0 Å². The van der Waals surface area contributed by atoms with Crippen LogP contribution in [-0.2, 0) is 4.79 Å². The number of alkyl halides is 3. The Labute approximate surface area is 181 Å². The molecule has 0 atom stereocenters. The maximum atomic E-state index is 12.8. The van der Waals surface area contributed by atoms with E-state index < -0.39 is 12.1 Å². The second-order valence-electron chi connectivity index (χ2n) is 7.33. The maximum Gasteiger partial charge on any atom is 0.471 e. The third kappa shape index (κ3) is 3.39. The van der Waals surface area contributed by atoms with Crippen LogP contribution in [0.5, 0.6) is 5.75 Å². The Bertz CT molecular complexity index is 1360. The van der Waals surface area contributed by atoms with Crippen LogP contribution in [0.2, 0.25) is 0 Å². The molecule has 0 spiro atoms. The van der Waals surface area contributed by atoms with Crippen LogP contribution in [-0.4, -0.2) is 12.1 Å². The summed E-state index contributed by atoms with van der Waals surface area (Å²) in [4.78, 5) is 11.6. The van der Waals surface area contributed by atoms with Gasteiger partial charge in [0.15, 0.2) is 0 Å². The molecular formula is C26H16F3NO2. The Balaban J connectivity index is 1.76. The molecule has 6 heteroatoms. The highest BCUT2D eigenvalue weighted by atomic mass is 19.4. The highest BCUT2D eigenvalue weighted by Crippen LogP contribution is 2.46. The van der Waals surface area contributed by atoms with Crippen molar-refractivity contribution in [1.29, 1.82) is 0 Å². The summed E-state index contributed by atoms with van der Waals surface area (Å²) in [5.41, 5.74) is 3.51. The standard InChI is InChI=1S/C26H16F3NO2/c27-26(28,29)25(31)30-20-15-14-19-22(16-8-3-1-4-9-16)24(17-10-5-2-6-11-17)32-21-13-7-12-18(20)23(19)21/h1-15H,(H,30,31). The fraction of sp³-hybridized carbons (Fsp3) is 0.0385. The summed E-state index contributed by atoms with van der Waals surface area (Å²) in [6.45, 7) is 0. The molecule has 1 aliphatic heterocycles. The molecule has 1 heterocycles. The number of rotatable bonds is 3. The SMILES string of the molecule is O=C(Nc1ccc2c3c(cccc13)OC(c1ccccc1)=C2c1ccccc1)C(F)(F)F. The van der Waals surface area contributed by atoms with Crippen molar-refractivity contribution in [2.24, 2.45) is 0 Å². The number of ether oxygens (including phenoxy) is 1. The van der Waals surface area contributed by atoms with Gasteiger partial charge in [-0.15, -0.1) is 0 Å². The summed E-state index contributed by atoms with van der Waals surface area (Å²) in [5, 5.41) is 3.10. The largest absolute Gasteiger partial charge is 0.471 e. The Morgan fingerprint density at radius 2 is 1.41 bits per heavy atom. The van der Waals surface area contributed by atoms with Gasteiger partial charge in [-0.3, -0.25) is 4.79 Å². The van der Waals surface area contributed by atoms with Crippen LogP contribution in [0.4, 0.5) is 18.9 Å². The van der Waals surface area contributed by atoms with Crippen molar-refractivity contribution in [2.75, 3.05) is 5.32 Å². The molecule has 0 saturated heterocycles. The van der Waals surface area contributed by atoms with E-state index in [2.05, 4.69) is 0 Å². The number of hydrogen-bond acceptors (Lipinski definition) is 2. The fourth-order valence-corrected chi connectivity index (χ4v) is 3.94. The quantitative estimate of drug-likeness (QED) is 0.394. The zero-order valence-corrected chi connectivity index (χ0v) is 16.6. The third-order valence-electron chi connectivity index (χ3n) is 5.31. The van der Waals surface area contributed by atoms with E-state index >= 15 is 0 Å². The van der Waals surface area contributed by atoms with E-state index in [0.29, 0.717) is 22.3 Å². The van der Waals surface area contributed by atoms with E-state index in [4.69, 9.17) is 4.74 Å². The number of nitrogens with one attached hydrogen (secondary N) is 1. The first-order valence-electron chi connectivity index (χ1n) is 9.91. The summed E-state index contributed by atoms with van der Waals surface area (Å²) < 4.78 is 44.9. The molecule has 3 nitrogen and oxygen atoms in total. The number of carbonyl (C=O) groups excluding carboxylic acids is 1. The first-order chi connectivity index (χ1) is 15.4. The van der Waals surface area contributed by atoms with Crippen molar-refractivity contribution in [3.05, 3.63) is 108 Å². The Kier molecular flexibility index (Phi) is 4.70. The van der Waals surface area contributed by atoms with E-state index in [1.54, 1.807) is 24.3 Å². The van der Waals surface area contributed by atoms with E-state index in [-0.39, 0.29) is 5.69 Å². The summed E-state index contributed by atoms with van der Waals surface area (Å²) in [6.07, 6.45) is -4.98. The molecule has 0 aliphatic carbocycles. The lowest BCUT2D eigenvalue weighted by atomic mass is 9.88. The normalized spacial score (nSPS) is 13.1. The van der Waals surface area contributed by atoms with Crippen molar-refractivity contribution in [3.63, 3.8) is 0 Å². The van der Waals surface area contributed by atoms with Crippen LogP contribution >= 0.6 is 0 Å². The van der Waals surface area contributed by atoms with E-state index in [0.717, 1.165) is 22.3 Å². The summed E-state index contributed by atoms with van der Waals surface area (Å²) in [6, 6.07) is 27.7. The van der Waals surface area contributed by atoms with E-state index in [1.165, 1.54) is 6.07 Å². The maximum absolute atomic E-state index is 12.8. The highest BCUT2D eigenvalue weighted by Gasteiger charge is 2.39. The fourth-order valence-electron chi connectivity index (χ4n) is 3.94. The minimum absolute atomic E-state index is 0.0760. The van der Waals surface area contributed by atoms with Gasteiger partial charge in [0.2, 0.25) is 0 Å². The van der Waals surface area contributed by atoms with Gasteiger partial charge in [0, 0.05) is 27.6 Å². The second kappa shape index (κ2) is 7.57. The topological polar surface area (TPSA) is 38.3 Å². The van der Waals surface area contributed by atoms with Crippen molar-refractivity contribution in [3.8, 4) is 5.75 Å². The van der Waals surface area contributed by atoms with Crippen LogP contribution in [0.15, 0.2) is 91.0 Å². The Morgan fingerprint density at radius 1 is 0.750 bits per heavy atom. The molecule has 5 rings (SSSR count). The first kappa shape index (κ1) is 19.9. The molecule has 0 aromatic heterocycles. The monoisotopic (exact) mass is 431 g/mol. The number of anilines is 1. The Hall–Kier alpha value is -4.06. The van der Waals surface area contributed by atoms with Gasteiger partial charge >= 0.3 is 12.1 Å². The van der Waals surface area contributed by atoms with Gasteiger partial charge in [-0.2, -0.15) is 13.2 Å². The molecule has 0 radical (unpaired) electrons. The van der Waals surface area contributed by atoms with Gasteiger partial charge < -0.3 is 10.1 Å². The number of carbonyl (C=O) groups is 1. The van der Waals surface area contributed by atoms with E-state index in [1.807, 2.05) is 66.0 Å². The number of benzene rings is 4. The molecule has 4 aromatic rings. The minimum atomic E-state index is -4.98. The zero-order valence-electron chi connectivity index (χ0n) is 16.6. The molecule has 158 valence electrons. The van der Waals surface area contributed by atoms with Crippen molar-refractivity contribution >= 4 is 33.7 Å².